The highest BCUT2D eigenvalue weighted by molar-refractivity contribution is 5.78. The van der Waals surface area contributed by atoms with Gasteiger partial charge in [0.25, 0.3) is 0 Å². The SMILES string of the molecule is CC(C)(C)CNC(=O)C[C@@H](CCC(F)(F)F)c1ncc(-c2ccc(-c3ccc(-c4cnc([C@H](CCC(F)(F)F)CC(=O)NC(C)(C)C)[nH]4)cc3)cc2)[nH]1. The third-order valence-electron chi connectivity index (χ3n) is 8.44. The van der Waals surface area contributed by atoms with E-state index in [0.717, 1.165) is 22.3 Å². The third-order valence-corrected chi connectivity index (χ3v) is 8.44. The molecule has 53 heavy (non-hydrogen) atoms. The van der Waals surface area contributed by atoms with Crippen LogP contribution >= 0.6 is 0 Å². The van der Waals surface area contributed by atoms with Crippen molar-refractivity contribution < 1.29 is 35.9 Å². The van der Waals surface area contributed by atoms with E-state index < -0.39 is 42.6 Å². The van der Waals surface area contributed by atoms with Crippen LogP contribution in [0, 0.1) is 5.41 Å². The fourth-order valence-electron chi connectivity index (χ4n) is 5.77. The normalized spacial score (nSPS) is 13.8. The van der Waals surface area contributed by atoms with E-state index in [4.69, 9.17) is 0 Å². The van der Waals surface area contributed by atoms with Gasteiger partial charge in [-0.05, 0) is 61.3 Å². The molecule has 288 valence electrons. The van der Waals surface area contributed by atoms with Crippen molar-refractivity contribution in [3.05, 3.63) is 72.6 Å². The number of amides is 2. The predicted molar refractivity (Wildman–Crippen MR) is 193 cm³/mol. The molecule has 0 bridgehead atoms. The molecule has 0 fully saturated rings. The smallest absolute Gasteiger partial charge is 0.356 e. The number of nitrogens with one attached hydrogen (secondary N) is 4. The minimum Gasteiger partial charge on any atom is -0.356 e. The Morgan fingerprint density at radius 1 is 0.623 bits per heavy atom. The zero-order valence-electron chi connectivity index (χ0n) is 30.9. The summed E-state index contributed by atoms with van der Waals surface area (Å²) in [6, 6.07) is 15.0. The topological polar surface area (TPSA) is 116 Å². The van der Waals surface area contributed by atoms with Gasteiger partial charge in [0.15, 0.2) is 0 Å². The highest BCUT2D eigenvalue weighted by Gasteiger charge is 2.32. The Bertz CT molecular complexity index is 1800. The van der Waals surface area contributed by atoms with Crippen molar-refractivity contribution in [2.75, 3.05) is 6.54 Å². The van der Waals surface area contributed by atoms with Gasteiger partial charge in [-0.3, -0.25) is 9.59 Å². The number of carbonyl (C=O) groups excluding carboxylic acids is 2. The van der Waals surface area contributed by atoms with E-state index in [-0.39, 0.29) is 42.9 Å². The van der Waals surface area contributed by atoms with Crippen LogP contribution in [0.1, 0.15) is 104 Å². The van der Waals surface area contributed by atoms with Crippen molar-refractivity contribution in [2.24, 2.45) is 5.41 Å². The van der Waals surface area contributed by atoms with E-state index in [1.54, 1.807) is 33.2 Å². The standard InChI is InChI=1S/C39H48F6N6O2/c1-36(2,3)23-48-32(52)19-28(15-17-38(40,41)42)34-46-21-30(49-34)26-11-7-24(8-12-26)25-9-13-27(14-10-25)31-22-47-35(50-31)29(16-18-39(43,44)45)20-33(53)51-37(4,5)6/h7-14,21-22,28-29H,15-20,23H2,1-6H3,(H,46,49)(H,47,50)(H,48,52)(H,51,53)/t28-,29-/m1/s1. The first kappa shape index (κ1) is 41.1. The van der Waals surface area contributed by atoms with Crippen molar-refractivity contribution in [1.82, 2.24) is 30.6 Å². The minimum absolute atomic E-state index is 0.124. The lowest BCUT2D eigenvalue weighted by Gasteiger charge is -2.22. The largest absolute Gasteiger partial charge is 0.389 e. The van der Waals surface area contributed by atoms with Crippen LogP contribution < -0.4 is 10.6 Å². The van der Waals surface area contributed by atoms with Crippen molar-refractivity contribution in [3.63, 3.8) is 0 Å². The maximum atomic E-state index is 13.1. The summed E-state index contributed by atoms with van der Waals surface area (Å²) in [5.41, 5.74) is 3.81. The second-order valence-electron chi connectivity index (χ2n) is 15.8. The summed E-state index contributed by atoms with van der Waals surface area (Å²) >= 11 is 0. The molecule has 2 heterocycles. The Labute approximate surface area is 306 Å². The molecule has 4 N–H and O–H groups in total. The zero-order valence-corrected chi connectivity index (χ0v) is 30.9. The molecule has 0 aliphatic heterocycles. The Morgan fingerprint density at radius 2 is 1.00 bits per heavy atom. The van der Waals surface area contributed by atoms with E-state index in [1.807, 2.05) is 69.3 Å². The highest BCUT2D eigenvalue weighted by Crippen LogP contribution is 2.34. The number of imidazole rings is 2. The Hall–Kier alpha value is -4.62. The number of aromatic nitrogens is 4. The quantitative estimate of drug-likeness (QED) is 0.0962. The second kappa shape index (κ2) is 16.6. The Morgan fingerprint density at radius 3 is 1.36 bits per heavy atom. The first-order chi connectivity index (χ1) is 24.5. The van der Waals surface area contributed by atoms with Crippen LogP contribution in [0.5, 0.6) is 0 Å². The van der Waals surface area contributed by atoms with Crippen LogP contribution in [0.4, 0.5) is 26.3 Å². The van der Waals surface area contributed by atoms with Crippen molar-refractivity contribution >= 4 is 11.8 Å². The molecule has 0 saturated carbocycles. The first-order valence-electron chi connectivity index (χ1n) is 17.6. The lowest BCUT2D eigenvalue weighted by molar-refractivity contribution is -0.138. The first-order valence-corrected chi connectivity index (χ1v) is 17.6. The summed E-state index contributed by atoms with van der Waals surface area (Å²) in [4.78, 5) is 40.2. The van der Waals surface area contributed by atoms with Crippen molar-refractivity contribution in [3.8, 4) is 33.6 Å². The molecule has 0 aliphatic rings. The molecule has 4 rings (SSSR count). The molecule has 0 unspecified atom stereocenters. The second-order valence-corrected chi connectivity index (χ2v) is 15.8. The maximum Gasteiger partial charge on any atom is 0.389 e. The number of hydrogen-bond acceptors (Lipinski definition) is 4. The molecule has 2 aromatic heterocycles. The molecule has 2 aromatic carbocycles. The van der Waals surface area contributed by atoms with E-state index >= 15 is 0 Å². The molecule has 8 nitrogen and oxygen atoms in total. The Balaban J connectivity index is 1.45. The fraction of sp³-hybridized carbons (Fsp3) is 0.487. The number of alkyl halides is 6. The molecule has 2 atom stereocenters. The monoisotopic (exact) mass is 746 g/mol. The van der Waals surface area contributed by atoms with Gasteiger partial charge in [-0.25, -0.2) is 9.97 Å². The zero-order chi connectivity index (χ0) is 39.2. The molecular weight excluding hydrogens is 698 g/mol. The number of nitrogens with zero attached hydrogens (tertiary/aromatic N) is 2. The number of rotatable bonds is 14. The van der Waals surface area contributed by atoms with Crippen LogP contribution in [0.3, 0.4) is 0 Å². The maximum absolute atomic E-state index is 13.1. The van der Waals surface area contributed by atoms with Crippen LogP contribution in [0.25, 0.3) is 33.6 Å². The lowest BCUT2D eigenvalue weighted by atomic mass is 9.95. The van der Waals surface area contributed by atoms with Crippen LogP contribution in [0.2, 0.25) is 0 Å². The summed E-state index contributed by atoms with van der Waals surface area (Å²) in [7, 11) is 0. The van der Waals surface area contributed by atoms with E-state index in [0.29, 0.717) is 29.6 Å². The number of halogens is 6. The van der Waals surface area contributed by atoms with Gasteiger partial charge in [0.2, 0.25) is 11.8 Å². The van der Waals surface area contributed by atoms with Gasteiger partial charge in [0.1, 0.15) is 11.6 Å². The average Bonchev–Trinajstić information content (AvgIpc) is 3.73. The number of H-pyrrole nitrogens is 2. The van der Waals surface area contributed by atoms with Crippen LogP contribution in [-0.2, 0) is 9.59 Å². The number of carbonyl (C=O) groups is 2. The van der Waals surface area contributed by atoms with E-state index in [2.05, 4.69) is 30.6 Å². The van der Waals surface area contributed by atoms with E-state index in [9.17, 15) is 35.9 Å². The molecule has 0 radical (unpaired) electrons. The van der Waals surface area contributed by atoms with E-state index in [1.165, 1.54) is 0 Å². The Kier molecular flexibility index (Phi) is 12.9. The molecule has 0 aliphatic carbocycles. The van der Waals surface area contributed by atoms with Crippen molar-refractivity contribution in [1.29, 1.82) is 0 Å². The number of aromatic amines is 2. The van der Waals surface area contributed by atoms with Gasteiger partial charge in [0.05, 0.1) is 23.8 Å². The summed E-state index contributed by atoms with van der Waals surface area (Å²) < 4.78 is 78.6. The van der Waals surface area contributed by atoms with Crippen LogP contribution in [0.15, 0.2) is 60.9 Å². The summed E-state index contributed by atoms with van der Waals surface area (Å²) in [6.45, 7) is 11.7. The number of benzene rings is 2. The summed E-state index contributed by atoms with van der Waals surface area (Å²) in [6.07, 6.45) is -8.52. The molecule has 0 saturated heterocycles. The molecule has 2 amide bonds. The number of hydrogen-bond donors (Lipinski definition) is 4. The average molecular weight is 747 g/mol. The van der Waals surface area contributed by atoms with Gasteiger partial charge >= 0.3 is 12.4 Å². The van der Waals surface area contributed by atoms with Gasteiger partial charge in [-0.1, -0.05) is 69.3 Å². The predicted octanol–water partition coefficient (Wildman–Crippen LogP) is 9.84. The lowest BCUT2D eigenvalue weighted by Crippen LogP contribution is -2.41. The summed E-state index contributed by atoms with van der Waals surface area (Å²) in [5, 5.41) is 5.61. The summed E-state index contributed by atoms with van der Waals surface area (Å²) in [5.74, 6) is -1.55. The molecule has 0 spiro atoms. The van der Waals surface area contributed by atoms with Gasteiger partial charge in [0, 0.05) is 49.6 Å². The van der Waals surface area contributed by atoms with Crippen molar-refractivity contribution in [2.45, 2.75) is 110 Å². The van der Waals surface area contributed by atoms with Gasteiger partial charge < -0.3 is 20.6 Å². The van der Waals surface area contributed by atoms with Gasteiger partial charge in [-0.2, -0.15) is 26.3 Å². The molecule has 14 heteroatoms. The third kappa shape index (κ3) is 13.7. The van der Waals surface area contributed by atoms with Crippen LogP contribution in [-0.4, -0.2) is 56.2 Å². The fourth-order valence-corrected chi connectivity index (χ4v) is 5.77. The molecule has 4 aromatic rings. The highest BCUT2D eigenvalue weighted by atomic mass is 19.4. The molecular formula is C39H48F6N6O2. The minimum atomic E-state index is -4.36. The van der Waals surface area contributed by atoms with Gasteiger partial charge in [-0.15, -0.1) is 0 Å².